The lowest BCUT2D eigenvalue weighted by Crippen LogP contribution is -2.19. The number of nitrogens with zero attached hydrogens (tertiary/aromatic N) is 3. The Kier molecular flexibility index (Phi) is 3.68. The van der Waals surface area contributed by atoms with Crippen LogP contribution in [0.2, 0.25) is 0 Å². The van der Waals surface area contributed by atoms with Crippen molar-refractivity contribution in [3.05, 3.63) is 24.3 Å². The zero-order chi connectivity index (χ0) is 15.0. The van der Waals surface area contributed by atoms with Crippen molar-refractivity contribution in [2.75, 3.05) is 6.61 Å². The van der Waals surface area contributed by atoms with Crippen LogP contribution in [0.3, 0.4) is 0 Å². The van der Waals surface area contributed by atoms with Crippen LogP contribution in [-0.2, 0) is 14.5 Å². The van der Waals surface area contributed by atoms with Crippen molar-refractivity contribution in [1.29, 1.82) is 0 Å². The molecule has 114 valence electrons. The summed E-state index contributed by atoms with van der Waals surface area (Å²) in [5, 5.41) is 5.92. The molecular formula is C13H18N4O3S. The Labute approximate surface area is 123 Å². The van der Waals surface area contributed by atoms with E-state index in [4.69, 9.17) is 9.32 Å². The summed E-state index contributed by atoms with van der Waals surface area (Å²) in [6, 6.07) is 2.34. The summed E-state index contributed by atoms with van der Waals surface area (Å²) >= 11 is 0. The van der Waals surface area contributed by atoms with Crippen molar-refractivity contribution in [2.24, 2.45) is 11.1 Å². The van der Waals surface area contributed by atoms with Gasteiger partial charge in [0.05, 0.1) is 12.3 Å². The fourth-order valence-electron chi connectivity index (χ4n) is 3.04. The molecule has 1 aliphatic carbocycles. The van der Waals surface area contributed by atoms with Crippen molar-refractivity contribution < 1.29 is 12.6 Å². The Bertz CT molecular complexity index is 756. The molecule has 8 heteroatoms. The molecule has 2 aromatic heterocycles. The molecule has 0 amide bonds. The minimum Gasteiger partial charge on any atom is -0.329 e. The van der Waals surface area contributed by atoms with Crippen molar-refractivity contribution in [3.63, 3.8) is 0 Å². The lowest BCUT2D eigenvalue weighted by Gasteiger charge is -2.14. The van der Waals surface area contributed by atoms with Gasteiger partial charge in [0.15, 0.2) is 0 Å². The third kappa shape index (κ3) is 3.07. The highest BCUT2D eigenvalue weighted by Gasteiger charge is 2.28. The lowest BCUT2D eigenvalue weighted by atomic mass is 10.1. The maximum Gasteiger partial charge on any atom is 0.333 e. The van der Waals surface area contributed by atoms with Crippen molar-refractivity contribution >= 4 is 21.3 Å². The minimum atomic E-state index is -3.85. The Hall–Kier alpha value is -1.51. The Morgan fingerprint density at radius 2 is 2.24 bits per heavy atom. The first-order valence-corrected chi connectivity index (χ1v) is 8.36. The van der Waals surface area contributed by atoms with E-state index in [2.05, 4.69) is 14.5 Å². The molecule has 2 N–H and O–H groups in total. The predicted molar refractivity (Wildman–Crippen MR) is 77.7 cm³/mol. The number of aromatic nitrogens is 3. The van der Waals surface area contributed by atoms with Crippen LogP contribution in [0.15, 0.2) is 18.6 Å². The number of rotatable bonds is 4. The van der Waals surface area contributed by atoms with E-state index in [1.807, 2.05) is 19.2 Å². The average Bonchev–Trinajstić information content (AvgIpc) is 3.02. The predicted octanol–water partition coefficient (Wildman–Crippen LogP) is 1.30. The second-order valence-corrected chi connectivity index (χ2v) is 6.75. The second kappa shape index (κ2) is 5.36. The number of hydrogen-bond donors (Lipinski definition) is 1. The first-order valence-electron chi connectivity index (χ1n) is 6.89. The van der Waals surface area contributed by atoms with Gasteiger partial charge in [0.1, 0.15) is 12.0 Å². The number of hydrogen-bond acceptors (Lipinski definition) is 5. The maximum absolute atomic E-state index is 10.8. The molecule has 0 aromatic carbocycles. The Balaban J connectivity index is 1.75. The van der Waals surface area contributed by atoms with E-state index >= 15 is 0 Å². The summed E-state index contributed by atoms with van der Waals surface area (Å²) < 4.78 is 28.5. The normalized spacial score (nSPS) is 23.0. The molecule has 2 atom stereocenters. The highest BCUT2D eigenvalue weighted by molar-refractivity contribution is 7.84. The van der Waals surface area contributed by atoms with Crippen LogP contribution in [0.1, 0.15) is 31.0 Å². The molecule has 1 aliphatic rings. The Morgan fingerprint density at radius 3 is 3.00 bits per heavy atom. The largest absolute Gasteiger partial charge is 0.333 e. The van der Waals surface area contributed by atoms with Gasteiger partial charge in [-0.15, -0.1) is 0 Å². The van der Waals surface area contributed by atoms with E-state index in [9.17, 15) is 8.42 Å². The van der Waals surface area contributed by atoms with Gasteiger partial charge in [-0.2, -0.15) is 8.42 Å². The summed E-state index contributed by atoms with van der Waals surface area (Å²) in [5.41, 5.74) is 1.89. The first kappa shape index (κ1) is 14.4. The van der Waals surface area contributed by atoms with Crippen molar-refractivity contribution in [1.82, 2.24) is 14.5 Å². The molecule has 0 saturated heterocycles. The highest BCUT2D eigenvalue weighted by Crippen LogP contribution is 2.36. The van der Waals surface area contributed by atoms with E-state index in [-0.39, 0.29) is 12.5 Å². The summed E-state index contributed by atoms with van der Waals surface area (Å²) in [5.74, 6) is 0.203. The topological polar surface area (TPSA) is 100 Å². The monoisotopic (exact) mass is 310 g/mol. The molecule has 7 nitrogen and oxygen atoms in total. The van der Waals surface area contributed by atoms with Gasteiger partial charge < -0.3 is 4.57 Å². The van der Waals surface area contributed by atoms with Crippen LogP contribution in [0.4, 0.5) is 0 Å². The molecular weight excluding hydrogens is 292 g/mol. The first-order chi connectivity index (χ1) is 9.94. The van der Waals surface area contributed by atoms with Crippen LogP contribution in [0.25, 0.3) is 11.0 Å². The van der Waals surface area contributed by atoms with Gasteiger partial charge in [-0.25, -0.2) is 15.1 Å². The average molecular weight is 310 g/mol. The van der Waals surface area contributed by atoms with Gasteiger partial charge in [-0.05, 0) is 38.2 Å². The highest BCUT2D eigenvalue weighted by atomic mass is 32.2. The summed E-state index contributed by atoms with van der Waals surface area (Å²) in [4.78, 5) is 8.56. The zero-order valence-electron chi connectivity index (χ0n) is 11.8. The van der Waals surface area contributed by atoms with Crippen molar-refractivity contribution in [2.45, 2.75) is 32.2 Å². The van der Waals surface area contributed by atoms with Gasteiger partial charge in [0.2, 0.25) is 0 Å². The van der Waals surface area contributed by atoms with Gasteiger partial charge >= 0.3 is 10.3 Å². The molecule has 0 radical (unpaired) electrons. The van der Waals surface area contributed by atoms with Crippen LogP contribution in [0.5, 0.6) is 0 Å². The minimum absolute atomic E-state index is 0.155. The molecule has 0 aliphatic heterocycles. The number of aryl methyl sites for hydroxylation is 1. The fourth-order valence-corrected chi connectivity index (χ4v) is 3.42. The molecule has 0 spiro atoms. The lowest BCUT2D eigenvalue weighted by molar-refractivity contribution is 0.253. The van der Waals surface area contributed by atoms with Gasteiger partial charge in [0, 0.05) is 17.6 Å². The standard InChI is InChI=1S/C13H18N4O3S/c1-9-12-4-5-17(13(12)16-8-15-9)11-3-2-10(6-11)7-20-21(14,18)19/h4-5,8,10-11H,2-3,6-7H2,1H3,(H2,14,18,19)/t10-,11?/m0/s1. The molecule has 1 unspecified atom stereocenters. The smallest absolute Gasteiger partial charge is 0.329 e. The fraction of sp³-hybridized carbons (Fsp3) is 0.538. The van der Waals surface area contributed by atoms with Crippen LogP contribution in [-0.4, -0.2) is 29.6 Å². The molecule has 21 heavy (non-hydrogen) atoms. The molecule has 1 fully saturated rings. The van der Waals surface area contributed by atoms with Crippen LogP contribution >= 0.6 is 0 Å². The summed E-state index contributed by atoms with van der Waals surface area (Å²) in [6.07, 6.45) is 6.36. The third-order valence-electron chi connectivity index (χ3n) is 4.08. The Morgan fingerprint density at radius 1 is 1.43 bits per heavy atom. The molecule has 3 rings (SSSR count). The molecule has 2 aromatic rings. The van der Waals surface area contributed by atoms with Gasteiger partial charge in [0.25, 0.3) is 0 Å². The molecule has 1 saturated carbocycles. The van der Waals surface area contributed by atoms with E-state index in [0.29, 0.717) is 6.04 Å². The van der Waals surface area contributed by atoms with Crippen molar-refractivity contribution in [3.8, 4) is 0 Å². The van der Waals surface area contributed by atoms with E-state index < -0.39 is 10.3 Å². The molecule has 0 bridgehead atoms. The van der Waals surface area contributed by atoms with Gasteiger partial charge in [-0.3, -0.25) is 4.18 Å². The quantitative estimate of drug-likeness (QED) is 0.917. The summed E-state index contributed by atoms with van der Waals surface area (Å²) in [6.45, 7) is 2.12. The van der Waals surface area contributed by atoms with E-state index in [1.54, 1.807) is 6.33 Å². The SMILES string of the molecule is Cc1ncnc2c1ccn2C1CC[C@H](COS(N)(=O)=O)C1. The second-order valence-electron chi connectivity index (χ2n) is 5.53. The number of nitrogens with two attached hydrogens (primary N) is 1. The van der Waals surface area contributed by atoms with E-state index in [0.717, 1.165) is 36.0 Å². The summed E-state index contributed by atoms with van der Waals surface area (Å²) in [7, 11) is -3.85. The van der Waals surface area contributed by atoms with Crippen LogP contribution in [0, 0.1) is 12.8 Å². The van der Waals surface area contributed by atoms with Gasteiger partial charge in [-0.1, -0.05) is 0 Å². The van der Waals surface area contributed by atoms with Crippen LogP contribution < -0.4 is 5.14 Å². The molecule has 2 heterocycles. The zero-order valence-corrected chi connectivity index (χ0v) is 12.6. The maximum atomic E-state index is 10.8. The van der Waals surface area contributed by atoms with E-state index in [1.165, 1.54) is 0 Å². The number of fused-ring (bicyclic) bond motifs is 1. The third-order valence-corrected chi connectivity index (χ3v) is 4.55.